The molecule has 7 heteroatoms. The van der Waals surface area contributed by atoms with E-state index < -0.39 is 11.9 Å². The Bertz CT molecular complexity index is 922. The van der Waals surface area contributed by atoms with Crippen molar-refractivity contribution in [3.63, 3.8) is 0 Å². The van der Waals surface area contributed by atoms with Crippen LogP contribution in [0.3, 0.4) is 0 Å². The van der Waals surface area contributed by atoms with E-state index >= 15 is 0 Å². The van der Waals surface area contributed by atoms with Crippen LogP contribution in [0.1, 0.15) is 15.9 Å². The summed E-state index contributed by atoms with van der Waals surface area (Å²) in [6, 6.07) is 14.0. The third-order valence-corrected chi connectivity index (χ3v) is 4.54. The van der Waals surface area contributed by atoms with Crippen molar-refractivity contribution >= 4 is 33.5 Å². The first-order valence-electron chi connectivity index (χ1n) is 7.86. The first-order chi connectivity index (χ1) is 12.5. The van der Waals surface area contributed by atoms with Gasteiger partial charge in [0.15, 0.2) is 6.61 Å². The number of halogens is 1. The molecule has 0 radical (unpaired) electrons. The van der Waals surface area contributed by atoms with E-state index in [-0.39, 0.29) is 6.61 Å². The Hall–Kier alpha value is -2.93. The zero-order chi connectivity index (χ0) is 18.5. The molecule has 0 atom stereocenters. The molecule has 6 nitrogen and oxygen atoms in total. The summed E-state index contributed by atoms with van der Waals surface area (Å²) in [6.07, 6.45) is 3.48. The summed E-state index contributed by atoms with van der Waals surface area (Å²) in [5, 5.41) is 6.81. The van der Waals surface area contributed by atoms with Crippen molar-refractivity contribution in [3.8, 4) is 5.69 Å². The lowest BCUT2D eigenvalue weighted by Gasteiger charge is -2.08. The zero-order valence-electron chi connectivity index (χ0n) is 14.0. The van der Waals surface area contributed by atoms with Crippen LogP contribution in [0.5, 0.6) is 0 Å². The molecule has 3 aromatic rings. The molecule has 1 heterocycles. The minimum absolute atomic E-state index is 0.352. The van der Waals surface area contributed by atoms with Gasteiger partial charge in [0.25, 0.3) is 5.91 Å². The number of carbonyl (C=O) groups excluding carboxylic acids is 2. The van der Waals surface area contributed by atoms with E-state index in [2.05, 4.69) is 26.3 Å². The van der Waals surface area contributed by atoms with E-state index in [0.29, 0.717) is 11.3 Å². The smallest absolute Gasteiger partial charge is 0.338 e. The van der Waals surface area contributed by atoms with Crippen LogP contribution in [0.25, 0.3) is 5.69 Å². The van der Waals surface area contributed by atoms with Crippen LogP contribution >= 0.6 is 15.9 Å². The van der Waals surface area contributed by atoms with E-state index in [1.54, 1.807) is 41.2 Å². The molecule has 0 aliphatic carbocycles. The van der Waals surface area contributed by atoms with Crippen LogP contribution < -0.4 is 5.32 Å². The summed E-state index contributed by atoms with van der Waals surface area (Å²) in [5.74, 6) is -0.951. The third kappa shape index (κ3) is 4.37. The van der Waals surface area contributed by atoms with E-state index in [1.807, 2.05) is 31.3 Å². The number of anilines is 1. The molecule has 0 saturated carbocycles. The molecule has 2 aromatic carbocycles. The molecule has 0 spiro atoms. The van der Waals surface area contributed by atoms with Gasteiger partial charge in [0.2, 0.25) is 0 Å². The lowest BCUT2D eigenvalue weighted by atomic mass is 10.2. The molecule has 1 N–H and O–H groups in total. The molecule has 0 bridgehead atoms. The summed E-state index contributed by atoms with van der Waals surface area (Å²) in [6.45, 7) is 1.57. The fourth-order valence-corrected chi connectivity index (χ4v) is 2.55. The normalized spacial score (nSPS) is 10.4. The molecule has 0 aliphatic rings. The van der Waals surface area contributed by atoms with Gasteiger partial charge in [0.05, 0.1) is 11.3 Å². The number of carbonyl (C=O) groups is 2. The highest BCUT2D eigenvalue weighted by Crippen LogP contribution is 2.20. The Balaban J connectivity index is 1.54. The topological polar surface area (TPSA) is 73.2 Å². The van der Waals surface area contributed by atoms with Gasteiger partial charge in [-0.3, -0.25) is 4.79 Å². The fourth-order valence-electron chi connectivity index (χ4n) is 2.31. The molecule has 0 aliphatic heterocycles. The molecule has 1 aromatic heterocycles. The number of nitrogens with one attached hydrogen (secondary N) is 1. The predicted molar refractivity (Wildman–Crippen MR) is 101 cm³/mol. The zero-order valence-corrected chi connectivity index (χ0v) is 15.6. The van der Waals surface area contributed by atoms with Gasteiger partial charge >= 0.3 is 5.97 Å². The first-order valence-corrected chi connectivity index (χ1v) is 8.65. The van der Waals surface area contributed by atoms with Gasteiger partial charge in [-0.2, -0.15) is 5.10 Å². The molecule has 1 amide bonds. The van der Waals surface area contributed by atoms with Crippen LogP contribution in [-0.2, 0) is 9.53 Å². The molecule has 0 fully saturated rings. The monoisotopic (exact) mass is 413 g/mol. The number of esters is 1. The Morgan fingerprint density at radius 2 is 1.96 bits per heavy atom. The van der Waals surface area contributed by atoms with Crippen molar-refractivity contribution in [2.75, 3.05) is 11.9 Å². The summed E-state index contributed by atoms with van der Waals surface area (Å²) in [7, 11) is 0. The van der Waals surface area contributed by atoms with Crippen LogP contribution in [0.2, 0.25) is 0 Å². The van der Waals surface area contributed by atoms with Crippen molar-refractivity contribution < 1.29 is 14.3 Å². The summed E-state index contributed by atoms with van der Waals surface area (Å²) >= 11 is 3.40. The molecule has 0 unspecified atom stereocenters. The van der Waals surface area contributed by atoms with E-state index in [4.69, 9.17) is 4.74 Å². The average molecular weight is 414 g/mol. The SMILES string of the molecule is Cc1cc(NC(=O)COC(=O)c2ccc(-n3cccn3)cc2)ccc1Br. The highest BCUT2D eigenvalue weighted by Gasteiger charge is 2.11. The lowest BCUT2D eigenvalue weighted by Crippen LogP contribution is -2.21. The second-order valence-corrected chi connectivity index (χ2v) is 6.44. The second-order valence-electron chi connectivity index (χ2n) is 5.59. The van der Waals surface area contributed by atoms with Gasteiger partial charge in [-0.25, -0.2) is 9.48 Å². The number of benzene rings is 2. The first kappa shape index (κ1) is 17.9. The molecule has 3 rings (SSSR count). The highest BCUT2D eigenvalue weighted by atomic mass is 79.9. The Kier molecular flexibility index (Phi) is 5.48. The number of amides is 1. The number of hydrogen-bond donors (Lipinski definition) is 1. The Morgan fingerprint density at radius 3 is 2.62 bits per heavy atom. The number of rotatable bonds is 5. The van der Waals surface area contributed by atoms with Crippen molar-refractivity contribution in [3.05, 3.63) is 76.5 Å². The summed E-state index contributed by atoms with van der Waals surface area (Å²) in [4.78, 5) is 24.0. The Morgan fingerprint density at radius 1 is 1.19 bits per heavy atom. The predicted octanol–water partition coefficient (Wildman–Crippen LogP) is 3.74. The minimum atomic E-state index is -0.556. The largest absolute Gasteiger partial charge is 0.452 e. The van der Waals surface area contributed by atoms with Crippen molar-refractivity contribution in [2.45, 2.75) is 6.92 Å². The standard InChI is InChI=1S/C19H16BrN3O3/c1-13-11-15(5-8-17(13)20)22-18(24)12-26-19(25)14-3-6-16(7-4-14)23-10-2-9-21-23/h2-11H,12H2,1H3,(H,22,24). The van der Waals surface area contributed by atoms with Crippen molar-refractivity contribution in [1.82, 2.24) is 9.78 Å². The number of aryl methyl sites for hydroxylation is 1. The summed E-state index contributed by atoms with van der Waals surface area (Å²) in [5.41, 5.74) is 2.84. The van der Waals surface area contributed by atoms with Gasteiger partial charge in [-0.1, -0.05) is 15.9 Å². The molecule has 132 valence electrons. The van der Waals surface area contributed by atoms with Gasteiger partial charge in [-0.15, -0.1) is 0 Å². The molecular weight excluding hydrogens is 398 g/mol. The van der Waals surface area contributed by atoms with E-state index in [9.17, 15) is 9.59 Å². The van der Waals surface area contributed by atoms with Crippen molar-refractivity contribution in [1.29, 1.82) is 0 Å². The van der Waals surface area contributed by atoms with Crippen LogP contribution in [0.15, 0.2) is 65.4 Å². The van der Waals surface area contributed by atoms with Crippen LogP contribution in [-0.4, -0.2) is 28.3 Å². The molecule has 26 heavy (non-hydrogen) atoms. The quantitative estimate of drug-likeness (QED) is 0.646. The maximum atomic E-state index is 12.1. The maximum Gasteiger partial charge on any atom is 0.338 e. The molecular formula is C19H16BrN3O3. The van der Waals surface area contributed by atoms with Gasteiger partial charge < -0.3 is 10.1 Å². The van der Waals surface area contributed by atoms with Crippen molar-refractivity contribution in [2.24, 2.45) is 0 Å². The van der Waals surface area contributed by atoms with Gasteiger partial charge in [0.1, 0.15) is 0 Å². The van der Waals surface area contributed by atoms with E-state index in [0.717, 1.165) is 15.7 Å². The number of ether oxygens (including phenoxy) is 1. The third-order valence-electron chi connectivity index (χ3n) is 3.65. The van der Waals surface area contributed by atoms with E-state index in [1.165, 1.54) is 0 Å². The lowest BCUT2D eigenvalue weighted by molar-refractivity contribution is -0.119. The number of nitrogens with zero attached hydrogens (tertiary/aromatic N) is 2. The number of aromatic nitrogens is 2. The van der Waals surface area contributed by atoms with Crippen LogP contribution in [0.4, 0.5) is 5.69 Å². The fraction of sp³-hybridized carbons (Fsp3) is 0.105. The highest BCUT2D eigenvalue weighted by molar-refractivity contribution is 9.10. The Labute approximate surface area is 158 Å². The maximum absolute atomic E-state index is 12.1. The van der Waals surface area contributed by atoms with Crippen LogP contribution in [0, 0.1) is 6.92 Å². The van der Waals surface area contributed by atoms with Gasteiger partial charge in [-0.05, 0) is 61.0 Å². The average Bonchev–Trinajstić information content (AvgIpc) is 3.18. The molecule has 0 saturated heterocycles. The summed E-state index contributed by atoms with van der Waals surface area (Å²) < 4.78 is 7.71. The number of hydrogen-bond acceptors (Lipinski definition) is 4. The van der Waals surface area contributed by atoms with Gasteiger partial charge in [0, 0.05) is 22.6 Å². The minimum Gasteiger partial charge on any atom is -0.452 e. The second kappa shape index (κ2) is 7.97.